The highest BCUT2D eigenvalue weighted by Gasteiger charge is 2.37. The van der Waals surface area contributed by atoms with Crippen LogP contribution in [0.3, 0.4) is 0 Å². The minimum absolute atomic E-state index is 0.0473. The van der Waals surface area contributed by atoms with E-state index in [1.807, 2.05) is 31.2 Å². The monoisotopic (exact) mass is 302 g/mol. The second-order valence-corrected chi connectivity index (χ2v) is 6.13. The van der Waals surface area contributed by atoms with E-state index in [2.05, 4.69) is 50.2 Å². The smallest absolute Gasteiger partial charge is 0.185 e. The molecule has 1 aliphatic rings. The van der Waals surface area contributed by atoms with Gasteiger partial charge in [0.05, 0.1) is 0 Å². The van der Waals surface area contributed by atoms with Crippen molar-refractivity contribution in [2.75, 3.05) is 0 Å². The Morgan fingerprint density at radius 3 is 2.09 bits per heavy atom. The molecule has 3 rings (SSSR count). The van der Waals surface area contributed by atoms with Crippen molar-refractivity contribution in [1.82, 2.24) is 0 Å². The molecule has 0 saturated carbocycles. The standard InChI is InChI=1S/C22H22O/c1-4-15(2)19-21(18-13-9-6-10-14-18)20(16(3)22(19)23)17-11-7-5-8-12-17/h5-14,21H,4H2,1-3H3/b19-15+. The number of hydrogen-bond donors (Lipinski definition) is 0. The number of rotatable bonds is 3. The molecule has 1 nitrogen and oxygen atoms in total. The minimum Gasteiger partial charge on any atom is -0.289 e. The van der Waals surface area contributed by atoms with E-state index in [0.29, 0.717) is 0 Å². The van der Waals surface area contributed by atoms with E-state index in [9.17, 15) is 4.79 Å². The van der Waals surface area contributed by atoms with Crippen LogP contribution in [0.5, 0.6) is 0 Å². The zero-order valence-corrected chi connectivity index (χ0v) is 14.0. The second kappa shape index (κ2) is 6.37. The molecule has 1 atom stereocenters. The maximum atomic E-state index is 13.0. The van der Waals surface area contributed by atoms with Crippen molar-refractivity contribution in [3.05, 3.63) is 88.5 Å². The van der Waals surface area contributed by atoms with Crippen LogP contribution in [0, 0.1) is 0 Å². The van der Waals surface area contributed by atoms with Crippen molar-refractivity contribution in [3.8, 4) is 0 Å². The molecule has 116 valence electrons. The Kier molecular flexibility index (Phi) is 4.29. The molecule has 0 amide bonds. The molecule has 1 unspecified atom stereocenters. The molecular weight excluding hydrogens is 280 g/mol. The zero-order chi connectivity index (χ0) is 16.4. The SMILES string of the molecule is CC/C(C)=C1/C(=O)C(C)=C(c2ccccc2)C1c1ccccc1. The van der Waals surface area contributed by atoms with Crippen LogP contribution in [-0.2, 0) is 4.79 Å². The van der Waals surface area contributed by atoms with Gasteiger partial charge in [-0.15, -0.1) is 0 Å². The van der Waals surface area contributed by atoms with Crippen molar-refractivity contribution < 1.29 is 4.79 Å². The fraction of sp³-hybridized carbons (Fsp3) is 0.227. The Morgan fingerprint density at radius 2 is 1.52 bits per heavy atom. The number of carbonyl (C=O) groups excluding carboxylic acids is 1. The fourth-order valence-electron chi connectivity index (χ4n) is 3.43. The van der Waals surface area contributed by atoms with Gasteiger partial charge < -0.3 is 0 Å². The number of hydrogen-bond acceptors (Lipinski definition) is 1. The third-order valence-electron chi connectivity index (χ3n) is 4.77. The van der Waals surface area contributed by atoms with Crippen LogP contribution >= 0.6 is 0 Å². The van der Waals surface area contributed by atoms with Crippen molar-refractivity contribution >= 4 is 11.4 Å². The minimum atomic E-state index is 0.0473. The highest BCUT2D eigenvalue weighted by molar-refractivity contribution is 6.20. The predicted octanol–water partition coefficient (Wildman–Crippen LogP) is 5.55. The molecule has 1 heteroatoms. The van der Waals surface area contributed by atoms with Crippen molar-refractivity contribution in [2.24, 2.45) is 0 Å². The summed E-state index contributed by atoms with van der Waals surface area (Å²) < 4.78 is 0. The molecule has 0 saturated heterocycles. The average Bonchev–Trinajstić information content (AvgIpc) is 2.87. The summed E-state index contributed by atoms with van der Waals surface area (Å²) in [5.74, 6) is 0.253. The first-order valence-electron chi connectivity index (χ1n) is 8.20. The molecule has 2 aromatic rings. The van der Waals surface area contributed by atoms with E-state index >= 15 is 0 Å². The molecule has 0 fully saturated rings. The van der Waals surface area contributed by atoms with Crippen LogP contribution in [-0.4, -0.2) is 5.78 Å². The number of Topliss-reactive ketones (excluding diaryl/α,β-unsaturated/α-hetero) is 1. The number of carbonyl (C=O) groups is 1. The van der Waals surface area contributed by atoms with Gasteiger partial charge in [-0.2, -0.15) is 0 Å². The van der Waals surface area contributed by atoms with Crippen LogP contribution in [0.4, 0.5) is 0 Å². The van der Waals surface area contributed by atoms with Gasteiger partial charge in [0, 0.05) is 17.1 Å². The first-order chi connectivity index (χ1) is 11.1. The molecule has 0 N–H and O–H groups in total. The van der Waals surface area contributed by atoms with E-state index in [4.69, 9.17) is 0 Å². The topological polar surface area (TPSA) is 17.1 Å². The van der Waals surface area contributed by atoms with E-state index < -0.39 is 0 Å². The summed E-state index contributed by atoms with van der Waals surface area (Å²) in [6.07, 6.45) is 0.903. The molecule has 0 spiro atoms. The van der Waals surface area contributed by atoms with Gasteiger partial charge in [0.15, 0.2) is 5.78 Å². The first kappa shape index (κ1) is 15.5. The number of allylic oxidation sites excluding steroid dienone is 4. The summed E-state index contributed by atoms with van der Waals surface area (Å²) in [6, 6.07) is 20.7. The van der Waals surface area contributed by atoms with Crippen LogP contribution < -0.4 is 0 Å². The molecule has 23 heavy (non-hydrogen) atoms. The summed E-state index contributed by atoms with van der Waals surface area (Å²) in [4.78, 5) is 13.0. The molecule has 2 aromatic carbocycles. The third kappa shape index (κ3) is 2.68. The Bertz CT molecular complexity index is 779. The average molecular weight is 302 g/mol. The van der Waals surface area contributed by atoms with E-state index in [-0.39, 0.29) is 11.7 Å². The lowest BCUT2D eigenvalue weighted by atomic mass is 9.83. The Hall–Kier alpha value is -2.41. The van der Waals surface area contributed by atoms with E-state index in [1.165, 1.54) is 11.1 Å². The largest absolute Gasteiger partial charge is 0.289 e. The molecule has 0 radical (unpaired) electrons. The van der Waals surface area contributed by atoms with Gasteiger partial charge in [0.1, 0.15) is 0 Å². The second-order valence-electron chi connectivity index (χ2n) is 6.13. The summed E-state index contributed by atoms with van der Waals surface area (Å²) in [5, 5.41) is 0. The van der Waals surface area contributed by atoms with Gasteiger partial charge in [-0.05, 0) is 37.0 Å². The van der Waals surface area contributed by atoms with Crippen molar-refractivity contribution in [1.29, 1.82) is 0 Å². The summed E-state index contributed by atoms with van der Waals surface area (Å²) in [6.45, 7) is 6.18. The Labute approximate surface area is 138 Å². The lowest BCUT2D eigenvalue weighted by Crippen LogP contribution is -2.07. The van der Waals surface area contributed by atoms with Gasteiger partial charge in [-0.1, -0.05) is 73.2 Å². The highest BCUT2D eigenvalue weighted by atomic mass is 16.1. The number of ketones is 1. The molecule has 0 heterocycles. The maximum Gasteiger partial charge on any atom is 0.185 e. The van der Waals surface area contributed by atoms with Gasteiger partial charge >= 0.3 is 0 Å². The highest BCUT2D eigenvalue weighted by Crippen LogP contribution is 2.47. The molecule has 0 aliphatic heterocycles. The van der Waals surface area contributed by atoms with Crippen LogP contribution in [0.25, 0.3) is 5.57 Å². The van der Waals surface area contributed by atoms with Gasteiger partial charge in [0.2, 0.25) is 0 Å². The van der Waals surface area contributed by atoms with E-state index in [1.54, 1.807) is 0 Å². The quantitative estimate of drug-likeness (QED) is 0.679. The number of benzene rings is 2. The van der Waals surface area contributed by atoms with Gasteiger partial charge in [-0.3, -0.25) is 4.79 Å². The zero-order valence-electron chi connectivity index (χ0n) is 14.0. The fourth-order valence-corrected chi connectivity index (χ4v) is 3.43. The van der Waals surface area contributed by atoms with Crippen LogP contribution in [0.15, 0.2) is 77.4 Å². The Balaban J connectivity index is 2.25. The normalized spacial score (nSPS) is 20.1. The van der Waals surface area contributed by atoms with Gasteiger partial charge in [-0.25, -0.2) is 0 Å². The molecule has 0 bridgehead atoms. The van der Waals surface area contributed by atoms with Crippen LogP contribution in [0.1, 0.15) is 44.2 Å². The third-order valence-corrected chi connectivity index (χ3v) is 4.77. The molecule has 0 aromatic heterocycles. The summed E-state index contributed by atoms with van der Waals surface area (Å²) in [5.41, 5.74) is 6.53. The maximum absolute atomic E-state index is 13.0. The van der Waals surface area contributed by atoms with E-state index in [0.717, 1.165) is 28.7 Å². The summed E-state index contributed by atoms with van der Waals surface area (Å²) in [7, 11) is 0. The lowest BCUT2D eigenvalue weighted by Gasteiger charge is -2.19. The Morgan fingerprint density at radius 1 is 0.957 bits per heavy atom. The van der Waals surface area contributed by atoms with Crippen molar-refractivity contribution in [3.63, 3.8) is 0 Å². The van der Waals surface area contributed by atoms with Crippen LogP contribution in [0.2, 0.25) is 0 Å². The molecular formula is C22H22O. The first-order valence-corrected chi connectivity index (χ1v) is 8.20. The van der Waals surface area contributed by atoms with Gasteiger partial charge in [0.25, 0.3) is 0 Å². The molecule has 1 aliphatic carbocycles. The van der Waals surface area contributed by atoms with Crippen molar-refractivity contribution in [2.45, 2.75) is 33.1 Å². The predicted molar refractivity (Wildman–Crippen MR) is 96.2 cm³/mol. The lowest BCUT2D eigenvalue weighted by molar-refractivity contribution is -0.112. The summed E-state index contributed by atoms with van der Waals surface area (Å²) >= 11 is 0.